The molecule has 0 N–H and O–H groups in total. The van der Waals surface area contributed by atoms with Crippen LogP contribution >= 0.6 is 0 Å². The van der Waals surface area contributed by atoms with Crippen molar-refractivity contribution >= 4 is 17.9 Å². The molecule has 0 bridgehead atoms. The van der Waals surface area contributed by atoms with Gasteiger partial charge in [0, 0.05) is 5.56 Å². The number of hydrogen-bond acceptors (Lipinski definition) is 4. The summed E-state index contributed by atoms with van der Waals surface area (Å²) in [6.45, 7) is 0. The average molecular weight is 292 g/mol. The van der Waals surface area contributed by atoms with Crippen molar-refractivity contribution in [1.82, 2.24) is 0 Å². The molecule has 4 nitrogen and oxygen atoms in total. The molecule has 0 aromatic heterocycles. The minimum Gasteiger partial charge on any atom is -0.402 e. The van der Waals surface area contributed by atoms with Crippen molar-refractivity contribution in [2.24, 2.45) is 4.99 Å². The molecule has 0 fully saturated rings. The molecule has 0 amide bonds. The predicted molar refractivity (Wildman–Crippen MR) is 78.2 cm³/mol. The summed E-state index contributed by atoms with van der Waals surface area (Å²) in [5.74, 6) is -0.827. The summed E-state index contributed by atoms with van der Waals surface area (Å²) in [5.41, 5.74) is 1.82. The van der Waals surface area contributed by atoms with E-state index in [9.17, 15) is 9.18 Å². The zero-order valence-corrected chi connectivity index (χ0v) is 11.3. The van der Waals surface area contributed by atoms with Gasteiger partial charge in [0.25, 0.3) is 0 Å². The van der Waals surface area contributed by atoms with Gasteiger partial charge in [-0.15, -0.1) is 0 Å². The third-order valence-corrected chi connectivity index (χ3v) is 3.03. The third-order valence-electron chi connectivity index (χ3n) is 3.03. The number of nitriles is 1. The molecule has 1 heterocycles. The number of rotatable bonds is 2. The Morgan fingerprint density at radius 1 is 1.18 bits per heavy atom. The van der Waals surface area contributed by atoms with Crippen molar-refractivity contribution in [2.45, 2.75) is 0 Å². The fourth-order valence-corrected chi connectivity index (χ4v) is 1.98. The number of esters is 1. The fourth-order valence-electron chi connectivity index (χ4n) is 1.98. The van der Waals surface area contributed by atoms with Crippen LogP contribution in [-0.2, 0) is 9.53 Å². The molecule has 2 aromatic carbocycles. The molecule has 0 unspecified atom stereocenters. The van der Waals surface area contributed by atoms with Gasteiger partial charge in [-0.3, -0.25) is 0 Å². The lowest BCUT2D eigenvalue weighted by molar-refractivity contribution is -0.129. The van der Waals surface area contributed by atoms with E-state index >= 15 is 0 Å². The highest BCUT2D eigenvalue weighted by atomic mass is 19.1. The van der Waals surface area contributed by atoms with Crippen LogP contribution in [0.1, 0.15) is 16.7 Å². The first-order valence-electron chi connectivity index (χ1n) is 6.44. The van der Waals surface area contributed by atoms with Gasteiger partial charge in [-0.25, -0.2) is 14.2 Å². The second-order valence-electron chi connectivity index (χ2n) is 4.58. The minimum absolute atomic E-state index is 0.132. The summed E-state index contributed by atoms with van der Waals surface area (Å²) in [6, 6.07) is 14.3. The summed E-state index contributed by atoms with van der Waals surface area (Å²) in [7, 11) is 0. The van der Waals surface area contributed by atoms with Crippen LogP contribution in [0.4, 0.5) is 4.39 Å². The van der Waals surface area contributed by atoms with Gasteiger partial charge in [0.15, 0.2) is 5.70 Å². The van der Waals surface area contributed by atoms with E-state index < -0.39 is 5.97 Å². The van der Waals surface area contributed by atoms with E-state index in [1.807, 2.05) is 6.07 Å². The standard InChI is InChI=1S/C17H9FN2O2/c18-14-6-4-13(5-7-14)16-20-15(17(21)22-16)9-11-2-1-3-12(8-11)10-19/h1-9H. The zero-order chi connectivity index (χ0) is 15.5. The normalized spacial score (nSPS) is 15.4. The molecule has 0 aliphatic carbocycles. The van der Waals surface area contributed by atoms with Crippen LogP contribution in [0.2, 0.25) is 0 Å². The van der Waals surface area contributed by atoms with E-state index in [0.717, 1.165) is 0 Å². The van der Waals surface area contributed by atoms with E-state index in [2.05, 4.69) is 4.99 Å². The van der Waals surface area contributed by atoms with Gasteiger partial charge >= 0.3 is 5.97 Å². The molecule has 2 aromatic rings. The van der Waals surface area contributed by atoms with E-state index in [4.69, 9.17) is 10.00 Å². The van der Waals surface area contributed by atoms with Crippen LogP contribution in [-0.4, -0.2) is 11.9 Å². The minimum atomic E-state index is -0.582. The Hall–Kier alpha value is -3.26. The van der Waals surface area contributed by atoms with Crippen molar-refractivity contribution in [1.29, 1.82) is 5.26 Å². The quantitative estimate of drug-likeness (QED) is 0.631. The van der Waals surface area contributed by atoms with Gasteiger partial charge in [0.05, 0.1) is 11.6 Å². The maximum Gasteiger partial charge on any atom is 0.363 e. The Kier molecular flexibility index (Phi) is 3.50. The molecular formula is C17H9FN2O2. The van der Waals surface area contributed by atoms with E-state index in [1.165, 1.54) is 24.3 Å². The summed E-state index contributed by atoms with van der Waals surface area (Å²) in [5, 5.41) is 8.87. The summed E-state index contributed by atoms with van der Waals surface area (Å²) >= 11 is 0. The number of halogens is 1. The average Bonchev–Trinajstić information content (AvgIpc) is 2.89. The summed E-state index contributed by atoms with van der Waals surface area (Å²) in [6.07, 6.45) is 1.54. The summed E-state index contributed by atoms with van der Waals surface area (Å²) in [4.78, 5) is 16.0. The molecule has 22 heavy (non-hydrogen) atoms. The Morgan fingerprint density at radius 3 is 2.68 bits per heavy atom. The SMILES string of the molecule is N#Cc1cccc(C=C2N=C(c3ccc(F)cc3)OC2=O)c1. The van der Waals surface area contributed by atoms with Gasteiger partial charge in [-0.1, -0.05) is 12.1 Å². The molecular weight excluding hydrogens is 283 g/mol. The van der Waals surface area contributed by atoms with Crippen molar-refractivity contribution in [3.63, 3.8) is 0 Å². The number of ether oxygens (including phenoxy) is 1. The van der Waals surface area contributed by atoms with Crippen LogP contribution in [0.15, 0.2) is 59.2 Å². The van der Waals surface area contributed by atoms with Crippen molar-refractivity contribution in [3.05, 3.63) is 76.7 Å². The number of benzene rings is 2. The van der Waals surface area contributed by atoms with Gasteiger partial charge in [-0.2, -0.15) is 5.26 Å². The molecule has 1 aliphatic heterocycles. The van der Waals surface area contributed by atoms with Gasteiger partial charge in [0.1, 0.15) is 5.82 Å². The number of carbonyl (C=O) groups excluding carboxylic acids is 1. The van der Waals surface area contributed by atoms with Crippen molar-refractivity contribution < 1.29 is 13.9 Å². The predicted octanol–water partition coefficient (Wildman–Crippen LogP) is 3.04. The smallest absolute Gasteiger partial charge is 0.363 e. The molecule has 1 aliphatic rings. The highest BCUT2D eigenvalue weighted by molar-refractivity contribution is 6.12. The van der Waals surface area contributed by atoms with Crippen LogP contribution in [0.5, 0.6) is 0 Å². The number of nitrogens with zero attached hydrogens (tertiary/aromatic N) is 2. The lowest BCUT2D eigenvalue weighted by Crippen LogP contribution is -2.05. The molecule has 0 atom stereocenters. The first-order valence-corrected chi connectivity index (χ1v) is 6.44. The van der Waals surface area contributed by atoms with Gasteiger partial charge in [0.2, 0.25) is 5.90 Å². The van der Waals surface area contributed by atoms with E-state index in [1.54, 1.807) is 30.3 Å². The number of hydrogen-bond donors (Lipinski definition) is 0. The Morgan fingerprint density at radius 2 is 1.95 bits per heavy atom. The van der Waals surface area contributed by atoms with E-state index in [0.29, 0.717) is 16.7 Å². The Bertz CT molecular complexity index is 846. The molecule has 0 spiro atoms. The maximum atomic E-state index is 12.9. The van der Waals surface area contributed by atoms with Crippen LogP contribution in [0.25, 0.3) is 6.08 Å². The second-order valence-corrected chi connectivity index (χ2v) is 4.58. The van der Waals surface area contributed by atoms with Crippen LogP contribution in [0.3, 0.4) is 0 Å². The first-order chi connectivity index (χ1) is 10.7. The second kappa shape index (κ2) is 5.62. The lowest BCUT2D eigenvalue weighted by Gasteiger charge is -1.98. The Labute approximate surface area is 125 Å². The largest absolute Gasteiger partial charge is 0.402 e. The van der Waals surface area contributed by atoms with Crippen molar-refractivity contribution in [3.8, 4) is 6.07 Å². The molecule has 0 saturated carbocycles. The molecule has 3 rings (SSSR count). The highest BCUT2D eigenvalue weighted by Gasteiger charge is 2.24. The Balaban J connectivity index is 1.94. The third kappa shape index (κ3) is 2.76. The highest BCUT2D eigenvalue weighted by Crippen LogP contribution is 2.19. The lowest BCUT2D eigenvalue weighted by atomic mass is 10.1. The number of carbonyl (C=O) groups is 1. The monoisotopic (exact) mass is 292 g/mol. The fraction of sp³-hybridized carbons (Fsp3) is 0. The van der Waals surface area contributed by atoms with Crippen LogP contribution in [0, 0.1) is 17.1 Å². The molecule has 0 saturated heterocycles. The topological polar surface area (TPSA) is 62.4 Å². The van der Waals surface area contributed by atoms with Gasteiger partial charge < -0.3 is 4.74 Å². The number of aliphatic imine (C=N–C) groups is 1. The van der Waals surface area contributed by atoms with Crippen LogP contribution < -0.4 is 0 Å². The van der Waals surface area contributed by atoms with E-state index in [-0.39, 0.29) is 17.4 Å². The number of cyclic esters (lactones) is 1. The molecule has 5 heteroatoms. The molecule has 106 valence electrons. The zero-order valence-electron chi connectivity index (χ0n) is 11.3. The van der Waals surface area contributed by atoms with Crippen molar-refractivity contribution in [2.75, 3.05) is 0 Å². The maximum absolute atomic E-state index is 12.9. The first kappa shape index (κ1) is 13.7. The van der Waals surface area contributed by atoms with Gasteiger partial charge in [-0.05, 0) is 48.0 Å². The summed E-state index contributed by atoms with van der Waals surface area (Å²) < 4.78 is 18.0. The molecule has 0 radical (unpaired) electrons.